The predicted octanol–water partition coefficient (Wildman–Crippen LogP) is 2.73. The third-order valence-corrected chi connectivity index (χ3v) is 6.55. The van der Waals surface area contributed by atoms with Crippen LogP contribution in [0.5, 0.6) is 5.75 Å². The lowest BCUT2D eigenvalue weighted by Gasteiger charge is -2.35. The minimum Gasteiger partial charge on any atom is -0.495 e. The van der Waals surface area contributed by atoms with Crippen LogP contribution < -0.4 is 10.1 Å². The van der Waals surface area contributed by atoms with Gasteiger partial charge in [-0.1, -0.05) is 0 Å². The maximum atomic E-state index is 13.9. The lowest BCUT2D eigenvalue weighted by Crippen LogP contribution is -2.49. The van der Waals surface area contributed by atoms with Crippen LogP contribution >= 0.6 is 0 Å². The maximum Gasteiger partial charge on any atom is 0.226 e. The number of likely N-dealkylation sites (N-methyl/N-ethyl adjacent to an activating group) is 1. The van der Waals surface area contributed by atoms with Gasteiger partial charge < -0.3 is 24.8 Å². The van der Waals surface area contributed by atoms with Gasteiger partial charge in [0.2, 0.25) is 5.91 Å². The summed E-state index contributed by atoms with van der Waals surface area (Å²) in [4.78, 5) is 29.7. The Balaban J connectivity index is 1.46. The van der Waals surface area contributed by atoms with E-state index >= 15 is 0 Å². The summed E-state index contributed by atoms with van der Waals surface area (Å²) < 4.78 is 19.2. The average molecular weight is 439 g/mol. The highest BCUT2D eigenvalue weighted by Crippen LogP contribution is 2.37. The second kappa shape index (κ2) is 8.38. The van der Waals surface area contributed by atoms with Crippen molar-refractivity contribution >= 4 is 28.4 Å². The van der Waals surface area contributed by atoms with Crippen LogP contribution in [-0.2, 0) is 17.6 Å². The van der Waals surface area contributed by atoms with Gasteiger partial charge in [-0.3, -0.25) is 4.79 Å². The second-order valence-corrected chi connectivity index (χ2v) is 8.57. The number of hydrogen-bond donors (Lipinski definition) is 2. The van der Waals surface area contributed by atoms with Crippen molar-refractivity contribution in [2.75, 3.05) is 45.7 Å². The van der Waals surface area contributed by atoms with Crippen LogP contribution in [0.1, 0.15) is 17.7 Å². The summed E-state index contributed by atoms with van der Waals surface area (Å²) in [6, 6.07) is 4.31. The number of hydrogen-bond acceptors (Lipinski definition) is 6. The number of rotatable bonds is 4. The van der Waals surface area contributed by atoms with Gasteiger partial charge in [-0.25, -0.2) is 14.4 Å². The number of piperazine rings is 1. The molecule has 1 aliphatic carbocycles. The number of benzene rings is 1. The fourth-order valence-electron chi connectivity index (χ4n) is 4.74. The van der Waals surface area contributed by atoms with Crippen molar-refractivity contribution < 1.29 is 13.9 Å². The molecule has 1 fully saturated rings. The Hall–Kier alpha value is -3.20. The molecule has 1 aliphatic heterocycles. The van der Waals surface area contributed by atoms with E-state index in [1.54, 1.807) is 13.2 Å². The Kier molecular flexibility index (Phi) is 5.42. The van der Waals surface area contributed by atoms with E-state index in [9.17, 15) is 9.18 Å². The molecule has 1 amide bonds. The van der Waals surface area contributed by atoms with Gasteiger partial charge in [0, 0.05) is 43.9 Å². The van der Waals surface area contributed by atoms with Gasteiger partial charge in [-0.05, 0) is 44.0 Å². The molecule has 32 heavy (non-hydrogen) atoms. The quantitative estimate of drug-likeness (QED) is 0.652. The first-order chi connectivity index (χ1) is 15.5. The summed E-state index contributed by atoms with van der Waals surface area (Å²) in [5, 5.41) is 4.07. The van der Waals surface area contributed by atoms with E-state index in [2.05, 4.69) is 32.2 Å². The van der Waals surface area contributed by atoms with Gasteiger partial charge in [0.25, 0.3) is 0 Å². The highest BCUT2D eigenvalue weighted by atomic mass is 19.1. The summed E-state index contributed by atoms with van der Waals surface area (Å²) in [6.45, 7) is 3.38. The molecule has 0 radical (unpaired) electrons. The van der Waals surface area contributed by atoms with E-state index in [1.807, 2.05) is 4.90 Å². The fourth-order valence-corrected chi connectivity index (χ4v) is 4.74. The van der Waals surface area contributed by atoms with Crippen LogP contribution in [0.15, 0.2) is 24.5 Å². The number of aromatic nitrogens is 3. The first-order valence-corrected chi connectivity index (χ1v) is 11.0. The Morgan fingerprint density at radius 3 is 2.84 bits per heavy atom. The minimum absolute atomic E-state index is 0.0540. The number of nitrogens with zero attached hydrogens (tertiary/aromatic N) is 4. The fraction of sp³-hybridized carbons (Fsp3) is 0.435. The van der Waals surface area contributed by atoms with Gasteiger partial charge >= 0.3 is 0 Å². The summed E-state index contributed by atoms with van der Waals surface area (Å²) in [7, 11) is 3.63. The summed E-state index contributed by atoms with van der Waals surface area (Å²) in [6.07, 6.45) is 3.73. The van der Waals surface area contributed by atoms with Crippen molar-refractivity contribution in [2.24, 2.45) is 5.92 Å². The molecule has 3 heterocycles. The molecule has 1 saturated heterocycles. The number of amides is 1. The van der Waals surface area contributed by atoms with Crippen LogP contribution in [0.25, 0.3) is 11.0 Å². The van der Waals surface area contributed by atoms with E-state index in [0.29, 0.717) is 23.7 Å². The molecule has 1 aromatic carbocycles. The van der Waals surface area contributed by atoms with E-state index in [1.165, 1.54) is 18.5 Å². The van der Waals surface area contributed by atoms with Crippen LogP contribution in [0.3, 0.4) is 0 Å². The zero-order chi connectivity index (χ0) is 22.2. The summed E-state index contributed by atoms with van der Waals surface area (Å²) >= 11 is 0. The smallest absolute Gasteiger partial charge is 0.226 e. The van der Waals surface area contributed by atoms with Crippen molar-refractivity contribution in [1.29, 1.82) is 0 Å². The normalized spacial score (nSPS) is 19.1. The molecule has 2 aromatic heterocycles. The molecule has 0 saturated carbocycles. The van der Waals surface area contributed by atoms with Gasteiger partial charge in [-0.15, -0.1) is 0 Å². The third kappa shape index (κ3) is 3.77. The Morgan fingerprint density at radius 1 is 1.25 bits per heavy atom. The van der Waals surface area contributed by atoms with Crippen molar-refractivity contribution in [1.82, 2.24) is 24.8 Å². The number of nitrogens with one attached hydrogen (secondary N) is 2. The number of methoxy groups -OCH3 is 1. The number of fused-ring (bicyclic) bond motifs is 3. The van der Waals surface area contributed by atoms with E-state index in [-0.39, 0.29) is 17.6 Å². The molecular formula is C23H27FN6O2. The number of carbonyl (C=O) groups is 1. The molecule has 5 rings (SSSR count). The summed E-state index contributed by atoms with van der Waals surface area (Å²) in [5.74, 6) is 0.903. The SMILES string of the molecule is COc1ccc(F)cc1Nc1ncnc2[nH]c3c(c12)CC(C(=O)N1CCN(C)CC1)CC3. The molecule has 3 aromatic rings. The lowest BCUT2D eigenvalue weighted by molar-refractivity contribution is -0.137. The monoisotopic (exact) mass is 438 g/mol. The van der Waals surface area contributed by atoms with Gasteiger partial charge in [0.1, 0.15) is 29.4 Å². The molecule has 1 unspecified atom stereocenters. The van der Waals surface area contributed by atoms with Gasteiger partial charge in [0.05, 0.1) is 18.2 Å². The van der Waals surface area contributed by atoms with Crippen LogP contribution in [0.2, 0.25) is 0 Å². The lowest BCUT2D eigenvalue weighted by atomic mass is 9.85. The highest BCUT2D eigenvalue weighted by molar-refractivity contribution is 5.94. The summed E-state index contributed by atoms with van der Waals surface area (Å²) in [5.41, 5.74) is 3.37. The molecular weight excluding hydrogens is 411 g/mol. The van der Waals surface area contributed by atoms with Crippen LogP contribution in [-0.4, -0.2) is 71.0 Å². The Bertz CT molecular complexity index is 1150. The van der Waals surface area contributed by atoms with Crippen molar-refractivity contribution in [2.45, 2.75) is 19.3 Å². The number of aromatic amines is 1. The number of H-pyrrole nitrogens is 1. The molecule has 168 valence electrons. The largest absolute Gasteiger partial charge is 0.495 e. The molecule has 0 spiro atoms. The molecule has 1 atom stereocenters. The Morgan fingerprint density at radius 2 is 2.06 bits per heavy atom. The molecule has 2 N–H and O–H groups in total. The number of ether oxygens (including phenoxy) is 1. The zero-order valence-corrected chi connectivity index (χ0v) is 18.3. The average Bonchev–Trinajstić information content (AvgIpc) is 3.18. The topological polar surface area (TPSA) is 86.4 Å². The van der Waals surface area contributed by atoms with Crippen molar-refractivity contribution in [3.63, 3.8) is 0 Å². The number of carbonyl (C=O) groups excluding carboxylic acids is 1. The Labute approximate surface area is 185 Å². The van der Waals surface area contributed by atoms with E-state index in [0.717, 1.165) is 61.3 Å². The number of halogens is 1. The van der Waals surface area contributed by atoms with Gasteiger partial charge in [0.15, 0.2) is 0 Å². The van der Waals surface area contributed by atoms with Gasteiger partial charge in [-0.2, -0.15) is 0 Å². The molecule has 8 nitrogen and oxygen atoms in total. The van der Waals surface area contributed by atoms with E-state index < -0.39 is 0 Å². The third-order valence-electron chi connectivity index (χ3n) is 6.55. The van der Waals surface area contributed by atoms with Crippen molar-refractivity contribution in [3.05, 3.63) is 41.6 Å². The minimum atomic E-state index is -0.368. The maximum absolute atomic E-state index is 13.9. The number of aryl methyl sites for hydroxylation is 1. The second-order valence-electron chi connectivity index (χ2n) is 8.57. The zero-order valence-electron chi connectivity index (χ0n) is 18.3. The first kappa shape index (κ1) is 20.7. The number of anilines is 2. The van der Waals surface area contributed by atoms with Crippen LogP contribution in [0.4, 0.5) is 15.9 Å². The highest BCUT2D eigenvalue weighted by Gasteiger charge is 2.32. The van der Waals surface area contributed by atoms with Crippen molar-refractivity contribution in [3.8, 4) is 5.75 Å². The standard InChI is InChI=1S/C23H27FN6O2/c1-29-7-9-30(10-8-29)23(31)14-3-5-17-16(11-14)20-21(27-17)25-13-26-22(20)28-18-12-15(24)4-6-19(18)32-2/h4,6,12-14H,3,5,7-11H2,1-2H3,(H2,25,26,27,28). The van der Waals surface area contributed by atoms with Crippen LogP contribution in [0, 0.1) is 11.7 Å². The molecule has 0 bridgehead atoms. The molecule has 2 aliphatic rings. The van der Waals surface area contributed by atoms with E-state index in [4.69, 9.17) is 4.74 Å². The molecule has 9 heteroatoms. The first-order valence-electron chi connectivity index (χ1n) is 11.0. The predicted molar refractivity (Wildman–Crippen MR) is 120 cm³/mol.